The molecule has 1 amide bonds. The summed E-state index contributed by atoms with van der Waals surface area (Å²) in [5.41, 5.74) is 1.13. The Labute approximate surface area is 127 Å². The molecule has 1 aromatic carbocycles. The number of methoxy groups -OCH3 is 1. The minimum atomic E-state index is -0.472. The molecule has 1 fully saturated rings. The number of amides is 1. The number of nitrogens with zero attached hydrogens (tertiary/aromatic N) is 1. The van der Waals surface area contributed by atoms with E-state index in [0.717, 1.165) is 24.3 Å². The molecule has 2 rings (SSSR count). The van der Waals surface area contributed by atoms with Gasteiger partial charge in [-0.25, -0.2) is 0 Å². The monoisotopic (exact) mass is 291 g/mol. The molecule has 0 aromatic heterocycles. The molecule has 1 saturated heterocycles. The zero-order valence-corrected chi connectivity index (χ0v) is 13.3. The van der Waals surface area contributed by atoms with Crippen molar-refractivity contribution in [1.82, 2.24) is 4.90 Å². The van der Waals surface area contributed by atoms with Crippen LogP contribution in [0.1, 0.15) is 38.7 Å². The van der Waals surface area contributed by atoms with Gasteiger partial charge in [-0.2, -0.15) is 0 Å². The van der Waals surface area contributed by atoms with Crippen molar-refractivity contribution in [1.29, 1.82) is 0 Å². The summed E-state index contributed by atoms with van der Waals surface area (Å²) in [4.78, 5) is 14.3. The molecular weight excluding hydrogens is 266 g/mol. The smallest absolute Gasteiger partial charge is 0.263 e. The predicted octanol–water partition coefficient (Wildman–Crippen LogP) is 2.82. The fraction of sp³-hybridized carbons (Fsp3) is 0.588. The Hall–Kier alpha value is -1.55. The minimum Gasteiger partial charge on any atom is -0.481 e. The van der Waals surface area contributed by atoms with Crippen molar-refractivity contribution < 1.29 is 14.3 Å². The molecule has 1 aliphatic heterocycles. The number of carbonyl (C=O) groups is 1. The summed E-state index contributed by atoms with van der Waals surface area (Å²) >= 11 is 0. The summed E-state index contributed by atoms with van der Waals surface area (Å²) < 4.78 is 11.2. The lowest BCUT2D eigenvalue weighted by Crippen LogP contribution is -2.39. The van der Waals surface area contributed by atoms with E-state index in [1.165, 1.54) is 0 Å². The van der Waals surface area contributed by atoms with E-state index in [0.29, 0.717) is 12.5 Å². The Bertz CT molecular complexity index is 487. The van der Waals surface area contributed by atoms with E-state index in [2.05, 4.69) is 13.8 Å². The normalized spacial score (nSPS) is 19.9. The number of hydrogen-bond donors (Lipinski definition) is 0. The summed E-state index contributed by atoms with van der Waals surface area (Å²) in [5.74, 6) is 1.21. The molecular formula is C17H25NO3. The number of ether oxygens (including phenoxy) is 2. The molecule has 2 atom stereocenters. The van der Waals surface area contributed by atoms with E-state index in [4.69, 9.17) is 9.47 Å². The first-order chi connectivity index (χ1) is 10.0. The van der Waals surface area contributed by atoms with Gasteiger partial charge in [-0.1, -0.05) is 32.0 Å². The van der Waals surface area contributed by atoms with Gasteiger partial charge in [-0.15, -0.1) is 0 Å². The zero-order valence-electron chi connectivity index (χ0n) is 13.3. The molecule has 2 unspecified atom stereocenters. The topological polar surface area (TPSA) is 38.8 Å². The van der Waals surface area contributed by atoms with Gasteiger partial charge in [0, 0.05) is 20.2 Å². The summed E-state index contributed by atoms with van der Waals surface area (Å²) in [5, 5.41) is 0. The van der Waals surface area contributed by atoms with Gasteiger partial charge in [0.15, 0.2) is 6.10 Å². The highest BCUT2D eigenvalue weighted by atomic mass is 16.5. The van der Waals surface area contributed by atoms with Crippen molar-refractivity contribution in [2.75, 3.05) is 20.2 Å². The fourth-order valence-electron chi connectivity index (χ4n) is 2.68. The summed E-state index contributed by atoms with van der Waals surface area (Å²) in [6.45, 7) is 7.47. The van der Waals surface area contributed by atoms with Gasteiger partial charge >= 0.3 is 0 Å². The van der Waals surface area contributed by atoms with Crippen LogP contribution in [0.4, 0.5) is 0 Å². The lowest BCUT2D eigenvalue weighted by molar-refractivity contribution is -0.137. The minimum absolute atomic E-state index is 0.0353. The summed E-state index contributed by atoms with van der Waals surface area (Å²) in [6, 6.07) is 7.92. The molecule has 0 saturated carbocycles. The molecule has 21 heavy (non-hydrogen) atoms. The molecule has 0 N–H and O–H groups in total. The molecule has 1 aliphatic rings. The molecule has 0 radical (unpaired) electrons. The molecule has 1 aromatic rings. The number of hydrogen-bond acceptors (Lipinski definition) is 3. The lowest BCUT2D eigenvalue weighted by atomic mass is 10.0. The molecule has 4 nitrogen and oxygen atoms in total. The van der Waals surface area contributed by atoms with Crippen LogP contribution < -0.4 is 4.74 Å². The molecule has 1 heterocycles. The number of rotatable bonds is 5. The van der Waals surface area contributed by atoms with Gasteiger partial charge in [-0.05, 0) is 30.9 Å². The van der Waals surface area contributed by atoms with Crippen LogP contribution in [0.5, 0.6) is 5.75 Å². The summed E-state index contributed by atoms with van der Waals surface area (Å²) in [6.07, 6.45) is 0.585. The van der Waals surface area contributed by atoms with Crippen molar-refractivity contribution in [3.05, 3.63) is 29.8 Å². The van der Waals surface area contributed by atoms with Crippen LogP contribution in [0, 0.1) is 0 Å². The van der Waals surface area contributed by atoms with Crippen molar-refractivity contribution in [3.63, 3.8) is 0 Å². The van der Waals surface area contributed by atoms with Crippen LogP contribution >= 0.6 is 0 Å². The summed E-state index contributed by atoms with van der Waals surface area (Å²) in [7, 11) is 1.69. The average molecular weight is 291 g/mol. The van der Waals surface area contributed by atoms with E-state index >= 15 is 0 Å². The highest BCUT2D eigenvalue weighted by Crippen LogP contribution is 2.27. The maximum Gasteiger partial charge on any atom is 0.263 e. The molecule has 4 heteroatoms. The Balaban J connectivity index is 2.01. The standard InChI is InChI=1S/C17H25NO3/c1-12(2)15-7-5-6-8-16(15)21-13(3)17(19)18-10-9-14(11-18)20-4/h5-8,12-14H,9-11H2,1-4H3. The zero-order chi connectivity index (χ0) is 15.4. The fourth-order valence-corrected chi connectivity index (χ4v) is 2.68. The van der Waals surface area contributed by atoms with Crippen LogP contribution in [-0.2, 0) is 9.53 Å². The van der Waals surface area contributed by atoms with Crippen LogP contribution in [-0.4, -0.2) is 43.2 Å². The second kappa shape index (κ2) is 6.94. The Morgan fingerprint density at radius 3 is 2.62 bits per heavy atom. The highest BCUT2D eigenvalue weighted by Gasteiger charge is 2.30. The quantitative estimate of drug-likeness (QED) is 0.837. The molecule has 0 spiro atoms. The molecule has 116 valence electrons. The van der Waals surface area contributed by atoms with E-state index in [1.807, 2.05) is 36.1 Å². The van der Waals surface area contributed by atoms with Gasteiger partial charge in [-0.3, -0.25) is 4.79 Å². The van der Waals surface area contributed by atoms with Crippen LogP contribution in [0.2, 0.25) is 0 Å². The third kappa shape index (κ3) is 3.76. The number of benzene rings is 1. The van der Waals surface area contributed by atoms with Crippen molar-refractivity contribution >= 4 is 5.91 Å². The first-order valence-electron chi connectivity index (χ1n) is 7.60. The number of carbonyl (C=O) groups excluding carboxylic acids is 1. The highest BCUT2D eigenvalue weighted by molar-refractivity contribution is 5.81. The average Bonchev–Trinajstić information content (AvgIpc) is 2.95. The van der Waals surface area contributed by atoms with E-state index in [-0.39, 0.29) is 12.0 Å². The van der Waals surface area contributed by atoms with Crippen LogP contribution in [0.3, 0.4) is 0 Å². The second-order valence-electron chi connectivity index (χ2n) is 5.88. The predicted molar refractivity (Wildman–Crippen MR) is 82.6 cm³/mol. The van der Waals surface area contributed by atoms with Gasteiger partial charge in [0.2, 0.25) is 0 Å². The van der Waals surface area contributed by atoms with Gasteiger partial charge in [0.25, 0.3) is 5.91 Å². The Morgan fingerprint density at radius 1 is 1.29 bits per heavy atom. The van der Waals surface area contributed by atoms with E-state index in [9.17, 15) is 4.79 Å². The molecule has 0 bridgehead atoms. The van der Waals surface area contributed by atoms with Gasteiger partial charge < -0.3 is 14.4 Å². The third-order valence-corrected chi connectivity index (χ3v) is 3.98. The van der Waals surface area contributed by atoms with E-state index < -0.39 is 6.10 Å². The molecule has 0 aliphatic carbocycles. The first kappa shape index (κ1) is 15.8. The lowest BCUT2D eigenvalue weighted by Gasteiger charge is -2.23. The second-order valence-corrected chi connectivity index (χ2v) is 5.88. The first-order valence-corrected chi connectivity index (χ1v) is 7.60. The largest absolute Gasteiger partial charge is 0.481 e. The van der Waals surface area contributed by atoms with E-state index in [1.54, 1.807) is 7.11 Å². The van der Waals surface area contributed by atoms with Crippen LogP contribution in [0.15, 0.2) is 24.3 Å². The SMILES string of the molecule is COC1CCN(C(=O)C(C)Oc2ccccc2C(C)C)C1. The van der Waals surface area contributed by atoms with Crippen LogP contribution in [0.25, 0.3) is 0 Å². The van der Waals surface area contributed by atoms with Crippen molar-refractivity contribution in [3.8, 4) is 5.75 Å². The third-order valence-electron chi connectivity index (χ3n) is 3.98. The Kier molecular flexibility index (Phi) is 5.23. The number of likely N-dealkylation sites (tertiary alicyclic amines) is 1. The van der Waals surface area contributed by atoms with Crippen molar-refractivity contribution in [2.24, 2.45) is 0 Å². The van der Waals surface area contributed by atoms with Gasteiger partial charge in [0.05, 0.1) is 6.10 Å². The maximum absolute atomic E-state index is 12.4. The van der Waals surface area contributed by atoms with Gasteiger partial charge in [0.1, 0.15) is 5.75 Å². The Morgan fingerprint density at radius 2 is 2.00 bits per heavy atom. The number of para-hydroxylation sites is 1. The van der Waals surface area contributed by atoms with Crippen molar-refractivity contribution in [2.45, 2.75) is 45.3 Å². The maximum atomic E-state index is 12.4.